The summed E-state index contributed by atoms with van der Waals surface area (Å²) < 4.78 is 38.9. The van der Waals surface area contributed by atoms with Crippen molar-refractivity contribution in [1.82, 2.24) is 9.73 Å². The Labute approximate surface area is 227 Å². The van der Waals surface area contributed by atoms with E-state index in [1.54, 1.807) is 12.1 Å². The first kappa shape index (κ1) is 28.2. The predicted molar refractivity (Wildman–Crippen MR) is 152 cm³/mol. The molecule has 37 heavy (non-hydrogen) atoms. The number of ether oxygens (including phenoxy) is 2. The second kappa shape index (κ2) is 12.4. The Balaban J connectivity index is 1.48. The van der Waals surface area contributed by atoms with E-state index >= 15 is 0 Å². The Kier molecular flexibility index (Phi) is 9.44. The SMILES string of the molecule is CCC(C)(C)C1CCC(=NNC(=S)Nc2cc(S(=O)(=O)N3CCOCC3)ccc2N2CCOCC2)CC1. The average molecular weight is 552 g/mol. The molecule has 0 bridgehead atoms. The van der Waals surface area contributed by atoms with E-state index in [4.69, 9.17) is 21.7 Å². The molecule has 1 aliphatic carbocycles. The highest BCUT2D eigenvalue weighted by Crippen LogP contribution is 2.39. The lowest BCUT2D eigenvalue weighted by molar-refractivity contribution is 0.0730. The van der Waals surface area contributed by atoms with E-state index in [9.17, 15) is 8.42 Å². The number of hydrazone groups is 1. The van der Waals surface area contributed by atoms with Crippen LogP contribution in [0.1, 0.15) is 52.9 Å². The van der Waals surface area contributed by atoms with Gasteiger partial charge in [0.25, 0.3) is 0 Å². The van der Waals surface area contributed by atoms with E-state index in [1.807, 2.05) is 6.07 Å². The molecule has 0 atom stereocenters. The molecule has 4 rings (SSSR count). The number of morpholine rings is 2. The van der Waals surface area contributed by atoms with Gasteiger partial charge in [0, 0.05) is 31.9 Å². The number of nitrogens with zero attached hydrogens (tertiary/aromatic N) is 3. The molecule has 3 aliphatic rings. The Morgan fingerprint density at radius 3 is 2.32 bits per heavy atom. The van der Waals surface area contributed by atoms with Crippen LogP contribution in [-0.4, -0.2) is 76.2 Å². The van der Waals surface area contributed by atoms with Gasteiger partial charge in [-0.05, 0) is 67.4 Å². The molecule has 11 heteroatoms. The van der Waals surface area contributed by atoms with Gasteiger partial charge in [-0.15, -0.1) is 0 Å². The number of thiocarbonyl (C=S) groups is 1. The van der Waals surface area contributed by atoms with Crippen molar-refractivity contribution in [2.45, 2.75) is 57.8 Å². The van der Waals surface area contributed by atoms with Crippen molar-refractivity contribution in [2.24, 2.45) is 16.4 Å². The van der Waals surface area contributed by atoms with Crippen molar-refractivity contribution < 1.29 is 17.9 Å². The standard InChI is InChI=1S/C26H41N5O4S2/c1-4-26(2,3)20-5-7-21(8-6-20)28-29-25(36)27-23-19-22(37(32,33)31-13-17-35-18-14-31)9-10-24(23)30-11-15-34-16-12-30/h9-10,19-20H,4-8,11-18H2,1-3H3,(H2,27,29,36). The maximum absolute atomic E-state index is 13.3. The second-order valence-electron chi connectivity index (χ2n) is 10.7. The van der Waals surface area contributed by atoms with Gasteiger partial charge in [0.1, 0.15) is 0 Å². The van der Waals surface area contributed by atoms with Crippen LogP contribution in [0.15, 0.2) is 28.2 Å². The van der Waals surface area contributed by atoms with E-state index in [2.05, 4.69) is 41.5 Å². The van der Waals surface area contributed by atoms with Crippen LogP contribution >= 0.6 is 12.2 Å². The van der Waals surface area contributed by atoms with Crippen LogP contribution in [0.5, 0.6) is 0 Å². The number of nitrogens with one attached hydrogen (secondary N) is 2. The van der Waals surface area contributed by atoms with Crippen LogP contribution in [-0.2, 0) is 19.5 Å². The fraction of sp³-hybridized carbons (Fsp3) is 0.692. The van der Waals surface area contributed by atoms with Gasteiger partial charge in [-0.25, -0.2) is 8.42 Å². The van der Waals surface area contributed by atoms with Gasteiger partial charge in [0.2, 0.25) is 10.0 Å². The van der Waals surface area contributed by atoms with Crippen molar-refractivity contribution in [3.8, 4) is 0 Å². The Bertz CT molecular complexity index is 1070. The van der Waals surface area contributed by atoms with Crippen LogP contribution in [0.4, 0.5) is 11.4 Å². The molecule has 0 unspecified atom stereocenters. The van der Waals surface area contributed by atoms with E-state index in [1.165, 1.54) is 10.7 Å². The number of anilines is 2. The first-order valence-corrected chi connectivity index (χ1v) is 15.2. The van der Waals surface area contributed by atoms with Crippen molar-refractivity contribution in [3.63, 3.8) is 0 Å². The maximum atomic E-state index is 13.3. The van der Waals surface area contributed by atoms with E-state index in [-0.39, 0.29) is 4.90 Å². The summed E-state index contributed by atoms with van der Waals surface area (Å²) in [6, 6.07) is 5.20. The van der Waals surface area contributed by atoms with Gasteiger partial charge in [-0.1, -0.05) is 27.2 Å². The zero-order valence-corrected chi connectivity index (χ0v) is 23.9. The van der Waals surface area contributed by atoms with E-state index in [0.717, 1.165) is 50.2 Å². The van der Waals surface area contributed by atoms with Gasteiger partial charge < -0.3 is 19.7 Å². The van der Waals surface area contributed by atoms with Gasteiger partial charge >= 0.3 is 0 Å². The molecule has 1 aromatic carbocycles. The molecule has 2 N–H and O–H groups in total. The number of rotatable bonds is 7. The molecular weight excluding hydrogens is 510 g/mol. The number of benzene rings is 1. The first-order valence-electron chi connectivity index (χ1n) is 13.4. The van der Waals surface area contributed by atoms with Gasteiger partial charge in [-0.3, -0.25) is 5.43 Å². The second-order valence-corrected chi connectivity index (χ2v) is 13.0. The molecule has 1 aromatic rings. The van der Waals surface area contributed by atoms with E-state index in [0.29, 0.717) is 61.6 Å². The lowest BCUT2D eigenvalue weighted by atomic mass is 9.69. The molecule has 2 heterocycles. The van der Waals surface area contributed by atoms with Gasteiger partial charge in [0.15, 0.2) is 5.11 Å². The van der Waals surface area contributed by atoms with Gasteiger partial charge in [-0.2, -0.15) is 9.41 Å². The van der Waals surface area contributed by atoms with Crippen LogP contribution in [0.2, 0.25) is 0 Å². The summed E-state index contributed by atoms with van der Waals surface area (Å²) in [5.74, 6) is 0.716. The summed E-state index contributed by atoms with van der Waals surface area (Å²) in [5.41, 5.74) is 6.03. The normalized spacial score (nSPS) is 22.0. The summed E-state index contributed by atoms with van der Waals surface area (Å²) in [6.07, 6.45) is 5.41. The smallest absolute Gasteiger partial charge is 0.243 e. The van der Waals surface area contributed by atoms with Crippen molar-refractivity contribution in [1.29, 1.82) is 0 Å². The topological polar surface area (TPSA) is 95.5 Å². The lowest BCUT2D eigenvalue weighted by Gasteiger charge is -2.36. The van der Waals surface area contributed by atoms with Crippen molar-refractivity contribution in [2.75, 3.05) is 62.8 Å². The summed E-state index contributed by atoms with van der Waals surface area (Å²) in [4.78, 5) is 2.42. The monoisotopic (exact) mass is 551 g/mol. The third kappa shape index (κ3) is 7.00. The van der Waals surface area contributed by atoms with Crippen LogP contribution in [0.3, 0.4) is 0 Å². The minimum absolute atomic E-state index is 0.236. The molecule has 9 nitrogen and oxygen atoms in total. The zero-order chi connectivity index (χ0) is 26.5. The fourth-order valence-corrected chi connectivity index (χ4v) is 6.80. The molecule has 206 valence electrons. The highest BCUT2D eigenvalue weighted by molar-refractivity contribution is 7.89. The average Bonchev–Trinajstić information content (AvgIpc) is 2.93. The Morgan fingerprint density at radius 2 is 1.70 bits per heavy atom. The number of sulfonamides is 1. The van der Waals surface area contributed by atoms with E-state index < -0.39 is 10.0 Å². The summed E-state index contributed by atoms with van der Waals surface area (Å²) in [6.45, 7) is 11.2. The van der Waals surface area contributed by atoms with Crippen molar-refractivity contribution in [3.05, 3.63) is 18.2 Å². The van der Waals surface area contributed by atoms with Crippen LogP contribution in [0.25, 0.3) is 0 Å². The Hall–Kier alpha value is -1.79. The van der Waals surface area contributed by atoms with Crippen LogP contribution in [0, 0.1) is 11.3 Å². The fourth-order valence-electron chi connectivity index (χ4n) is 5.20. The summed E-state index contributed by atoms with van der Waals surface area (Å²) in [7, 11) is -3.64. The zero-order valence-electron chi connectivity index (χ0n) is 22.3. The molecule has 0 aromatic heterocycles. The molecule has 0 amide bonds. The number of hydrogen-bond donors (Lipinski definition) is 2. The minimum atomic E-state index is -3.64. The lowest BCUT2D eigenvalue weighted by Crippen LogP contribution is -2.40. The molecule has 1 saturated carbocycles. The third-order valence-corrected chi connectivity index (χ3v) is 10.2. The summed E-state index contributed by atoms with van der Waals surface area (Å²) >= 11 is 5.58. The first-order chi connectivity index (χ1) is 17.7. The summed E-state index contributed by atoms with van der Waals surface area (Å²) in [5, 5.41) is 8.17. The molecule has 2 aliphatic heterocycles. The highest BCUT2D eigenvalue weighted by Gasteiger charge is 2.31. The largest absolute Gasteiger partial charge is 0.379 e. The molecule has 0 radical (unpaired) electrons. The molecule has 0 spiro atoms. The number of hydrogen-bond acceptors (Lipinski definition) is 7. The molecule has 2 saturated heterocycles. The van der Waals surface area contributed by atoms with Crippen LogP contribution < -0.4 is 15.6 Å². The maximum Gasteiger partial charge on any atom is 0.243 e. The van der Waals surface area contributed by atoms with Gasteiger partial charge in [0.05, 0.1) is 42.7 Å². The molecular formula is C26H41N5O4S2. The highest BCUT2D eigenvalue weighted by atomic mass is 32.2. The molecule has 3 fully saturated rings. The predicted octanol–water partition coefficient (Wildman–Crippen LogP) is 3.81. The third-order valence-electron chi connectivity index (χ3n) is 8.07. The quantitative estimate of drug-likeness (QED) is 0.390. The van der Waals surface area contributed by atoms with Crippen molar-refractivity contribution >= 4 is 44.4 Å². The minimum Gasteiger partial charge on any atom is -0.379 e. The Morgan fingerprint density at radius 1 is 1.08 bits per heavy atom.